The van der Waals surface area contributed by atoms with E-state index >= 15 is 0 Å². The number of nitrogens with zero attached hydrogens (tertiary/aromatic N) is 3. The number of hydrogen-bond donors (Lipinski definition) is 0. The van der Waals surface area contributed by atoms with Crippen LogP contribution in [0.15, 0.2) is 0 Å². The van der Waals surface area contributed by atoms with E-state index in [1.807, 2.05) is 11.7 Å². The fourth-order valence-corrected chi connectivity index (χ4v) is 4.72. The number of amides is 1. The van der Waals surface area contributed by atoms with E-state index in [1.165, 1.54) is 36.9 Å². The molecule has 2 heterocycles. The van der Waals surface area contributed by atoms with Crippen molar-refractivity contribution in [3.63, 3.8) is 0 Å². The largest absolute Gasteiger partial charge is 0.336 e. The quantitative estimate of drug-likeness (QED) is 0.834. The Bertz CT molecular complexity index is 600. The normalized spacial score (nSPS) is 24.7. The lowest BCUT2D eigenvalue weighted by Crippen LogP contribution is -2.33. The molecule has 0 radical (unpaired) electrons. The highest BCUT2D eigenvalue weighted by Gasteiger charge is 2.44. The summed E-state index contributed by atoms with van der Waals surface area (Å²) in [5, 5.41) is 4.57. The Kier molecular flexibility index (Phi) is 3.73. The Hall–Kier alpha value is -1.32. The zero-order valence-electron chi connectivity index (χ0n) is 14.7. The summed E-state index contributed by atoms with van der Waals surface area (Å²) in [5.41, 5.74) is 3.61. The van der Waals surface area contributed by atoms with Crippen LogP contribution in [0.4, 0.5) is 0 Å². The first-order valence-corrected chi connectivity index (χ1v) is 9.35. The lowest BCUT2D eigenvalue weighted by molar-refractivity contribution is -0.133. The second-order valence-corrected chi connectivity index (χ2v) is 8.00. The molecule has 1 saturated heterocycles. The first-order chi connectivity index (χ1) is 11.1. The maximum atomic E-state index is 13.0. The third-order valence-electron chi connectivity index (χ3n) is 6.34. The van der Waals surface area contributed by atoms with Crippen LogP contribution >= 0.6 is 0 Å². The fourth-order valence-electron chi connectivity index (χ4n) is 4.72. The molecule has 0 aromatic carbocycles. The number of hydrogen-bond acceptors (Lipinski definition) is 2. The molecule has 0 spiro atoms. The molecule has 4 rings (SSSR count). The Labute approximate surface area is 139 Å². The molecule has 1 aliphatic heterocycles. The van der Waals surface area contributed by atoms with Gasteiger partial charge in [-0.25, -0.2) is 0 Å². The van der Waals surface area contributed by atoms with E-state index in [9.17, 15) is 4.79 Å². The minimum Gasteiger partial charge on any atom is -0.336 e. The van der Waals surface area contributed by atoms with Gasteiger partial charge >= 0.3 is 0 Å². The van der Waals surface area contributed by atoms with Crippen LogP contribution in [0, 0.1) is 31.6 Å². The predicted molar refractivity (Wildman–Crippen MR) is 89.9 cm³/mol. The Morgan fingerprint density at radius 1 is 1.17 bits per heavy atom. The van der Waals surface area contributed by atoms with E-state index in [2.05, 4.69) is 23.8 Å². The monoisotopic (exact) mass is 315 g/mol. The highest BCUT2D eigenvalue weighted by Crippen LogP contribution is 2.51. The maximum Gasteiger partial charge on any atom is 0.223 e. The summed E-state index contributed by atoms with van der Waals surface area (Å²) in [7, 11) is 2.00. The zero-order valence-corrected chi connectivity index (χ0v) is 14.7. The van der Waals surface area contributed by atoms with Gasteiger partial charge in [-0.3, -0.25) is 9.48 Å². The number of aromatic nitrogens is 2. The molecule has 0 N–H and O–H groups in total. The van der Waals surface area contributed by atoms with Crippen LogP contribution in [0.5, 0.6) is 0 Å². The summed E-state index contributed by atoms with van der Waals surface area (Å²) >= 11 is 0. The minimum absolute atomic E-state index is 0.259. The van der Waals surface area contributed by atoms with Gasteiger partial charge in [-0.05, 0) is 70.1 Å². The number of rotatable bonds is 5. The van der Waals surface area contributed by atoms with E-state index in [1.54, 1.807) is 0 Å². The van der Waals surface area contributed by atoms with Crippen molar-refractivity contribution in [2.45, 2.75) is 64.8 Å². The molecule has 2 aliphatic carbocycles. The SMILES string of the molecule is Cc1nn(C)c(C)c1C1CCCN1C(=O)CC(C1CC1)C1CC1. The van der Waals surface area contributed by atoms with Crippen LogP contribution in [-0.2, 0) is 11.8 Å². The van der Waals surface area contributed by atoms with Crippen molar-refractivity contribution in [2.75, 3.05) is 6.54 Å². The van der Waals surface area contributed by atoms with Crippen LogP contribution < -0.4 is 0 Å². The molecule has 1 unspecified atom stereocenters. The van der Waals surface area contributed by atoms with Crippen LogP contribution in [0.3, 0.4) is 0 Å². The lowest BCUT2D eigenvalue weighted by Gasteiger charge is -2.27. The van der Waals surface area contributed by atoms with Crippen molar-refractivity contribution >= 4 is 5.91 Å². The van der Waals surface area contributed by atoms with Crippen molar-refractivity contribution in [3.8, 4) is 0 Å². The van der Waals surface area contributed by atoms with E-state index in [4.69, 9.17) is 0 Å². The first kappa shape index (κ1) is 15.2. The van der Waals surface area contributed by atoms with Crippen LogP contribution in [0.2, 0.25) is 0 Å². The summed E-state index contributed by atoms with van der Waals surface area (Å²) in [6.45, 7) is 5.15. The first-order valence-electron chi connectivity index (χ1n) is 9.35. The van der Waals surface area contributed by atoms with Gasteiger partial charge in [0.15, 0.2) is 0 Å². The molecular weight excluding hydrogens is 286 g/mol. The van der Waals surface area contributed by atoms with Crippen LogP contribution in [0.1, 0.15) is 67.9 Å². The fraction of sp³-hybridized carbons (Fsp3) is 0.789. The molecule has 23 heavy (non-hydrogen) atoms. The molecule has 4 heteroatoms. The van der Waals surface area contributed by atoms with Gasteiger partial charge in [0.25, 0.3) is 0 Å². The predicted octanol–water partition coefficient (Wildman–Crippen LogP) is 3.53. The molecule has 4 nitrogen and oxygen atoms in total. The average molecular weight is 315 g/mol. The molecule has 1 atom stereocenters. The van der Waals surface area contributed by atoms with Crippen molar-refractivity contribution in [1.29, 1.82) is 0 Å². The third kappa shape index (κ3) is 2.81. The summed E-state index contributed by atoms with van der Waals surface area (Å²) in [6.07, 6.45) is 8.46. The number of aryl methyl sites for hydroxylation is 2. The van der Waals surface area contributed by atoms with E-state index < -0.39 is 0 Å². The van der Waals surface area contributed by atoms with E-state index in [0.29, 0.717) is 11.8 Å². The minimum atomic E-state index is 0.259. The molecule has 126 valence electrons. The van der Waals surface area contributed by atoms with Gasteiger partial charge in [-0.2, -0.15) is 5.10 Å². The van der Waals surface area contributed by atoms with E-state index in [-0.39, 0.29) is 6.04 Å². The zero-order chi connectivity index (χ0) is 16.1. The van der Waals surface area contributed by atoms with E-state index in [0.717, 1.165) is 43.3 Å². The van der Waals surface area contributed by atoms with Crippen LogP contribution in [-0.4, -0.2) is 27.1 Å². The molecule has 0 bridgehead atoms. The Morgan fingerprint density at radius 3 is 2.35 bits per heavy atom. The summed E-state index contributed by atoms with van der Waals surface area (Å²) in [6, 6.07) is 0.259. The summed E-state index contributed by atoms with van der Waals surface area (Å²) in [5.74, 6) is 2.79. The molecule has 3 fully saturated rings. The number of carbonyl (C=O) groups is 1. The van der Waals surface area contributed by atoms with Gasteiger partial charge in [0, 0.05) is 31.3 Å². The smallest absolute Gasteiger partial charge is 0.223 e. The second-order valence-electron chi connectivity index (χ2n) is 8.00. The van der Waals surface area contributed by atoms with Gasteiger partial charge in [0.1, 0.15) is 0 Å². The molecule has 1 aromatic heterocycles. The van der Waals surface area contributed by atoms with Gasteiger partial charge < -0.3 is 4.90 Å². The summed E-state index contributed by atoms with van der Waals surface area (Å²) < 4.78 is 1.96. The lowest BCUT2D eigenvalue weighted by atomic mass is 9.93. The van der Waals surface area contributed by atoms with Gasteiger partial charge in [-0.1, -0.05) is 0 Å². The molecule has 1 amide bonds. The van der Waals surface area contributed by atoms with Crippen LogP contribution in [0.25, 0.3) is 0 Å². The van der Waals surface area contributed by atoms with Crippen molar-refractivity contribution < 1.29 is 4.79 Å². The van der Waals surface area contributed by atoms with Gasteiger partial charge in [0.2, 0.25) is 5.91 Å². The summed E-state index contributed by atoms with van der Waals surface area (Å²) in [4.78, 5) is 15.2. The topological polar surface area (TPSA) is 38.1 Å². The molecule has 3 aliphatic rings. The number of likely N-dealkylation sites (tertiary alicyclic amines) is 1. The van der Waals surface area contributed by atoms with Gasteiger partial charge in [0.05, 0.1) is 11.7 Å². The Morgan fingerprint density at radius 2 is 1.83 bits per heavy atom. The maximum absolute atomic E-state index is 13.0. The molecule has 2 saturated carbocycles. The highest BCUT2D eigenvalue weighted by atomic mass is 16.2. The molecule has 1 aromatic rings. The Balaban J connectivity index is 1.51. The third-order valence-corrected chi connectivity index (χ3v) is 6.34. The second kappa shape index (κ2) is 5.64. The average Bonchev–Trinajstić information content (AvgIpc) is 3.42. The van der Waals surface area contributed by atoms with Gasteiger partial charge in [-0.15, -0.1) is 0 Å². The number of carbonyl (C=O) groups excluding carboxylic acids is 1. The highest BCUT2D eigenvalue weighted by molar-refractivity contribution is 5.77. The van der Waals surface area contributed by atoms with Crippen molar-refractivity contribution in [3.05, 3.63) is 17.0 Å². The standard InChI is InChI=1S/C19H29N3O/c1-12-19(13(2)21(3)20-12)17-5-4-10-22(17)18(23)11-16(14-6-7-14)15-8-9-15/h14-17H,4-11H2,1-3H3. The van der Waals surface area contributed by atoms with Crippen molar-refractivity contribution in [1.82, 2.24) is 14.7 Å². The van der Waals surface area contributed by atoms with Crippen molar-refractivity contribution in [2.24, 2.45) is 24.8 Å². The molecular formula is C19H29N3O.